The molecule has 2 aromatic rings. The first-order valence-electron chi connectivity index (χ1n) is 6.43. The van der Waals surface area contributed by atoms with Gasteiger partial charge in [0.2, 0.25) is 0 Å². The number of nitrogens with one attached hydrogen (secondary N) is 2. The van der Waals surface area contributed by atoms with Crippen molar-refractivity contribution in [3.63, 3.8) is 0 Å². The number of halogens is 1. The molecule has 1 aliphatic rings. The van der Waals surface area contributed by atoms with E-state index >= 15 is 0 Å². The summed E-state index contributed by atoms with van der Waals surface area (Å²) in [6.07, 6.45) is 2.85. The molecule has 1 aromatic heterocycles. The zero-order valence-corrected chi connectivity index (χ0v) is 11.9. The van der Waals surface area contributed by atoms with E-state index < -0.39 is 0 Å². The predicted octanol–water partition coefficient (Wildman–Crippen LogP) is 2.73. The van der Waals surface area contributed by atoms with Gasteiger partial charge in [-0.2, -0.15) is 0 Å². The molecule has 0 amide bonds. The Balaban J connectivity index is 1.99. The molecular weight excluding hydrogens is 275 g/mol. The van der Waals surface area contributed by atoms with E-state index in [1.54, 1.807) is 6.07 Å². The van der Waals surface area contributed by atoms with E-state index in [1.165, 1.54) is 23.9 Å². The van der Waals surface area contributed by atoms with Crippen LogP contribution >= 0.6 is 11.8 Å². The first-order valence-corrected chi connectivity index (χ1v) is 7.66. The van der Waals surface area contributed by atoms with Crippen molar-refractivity contribution in [1.29, 1.82) is 0 Å². The molecule has 2 heterocycles. The summed E-state index contributed by atoms with van der Waals surface area (Å²) in [4.78, 5) is 9.06. The quantitative estimate of drug-likeness (QED) is 0.672. The van der Waals surface area contributed by atoms with Gasteiger partial charge in [-0.1, -0.05) is 17.8 Å². The Morgan fingerprint density at radius 1 is 1.35 bits per heavy atom. The maximum Gasteiger partial charge on any atom is 0.189 e. The van der Waals surface area contributed by atoms with Crippen LogP contribution in [0.3, 0.4) is 0 Å². The molecule has 0 aliphatic carbocycles. The van der Waals surface area contributed by atoms with Crippen LogP contribution in [0.15, 0.2) is 29.4 Å². The molecule has 0 bridgehead atoms. The van der Waals surface area contributed by atoms with Crippen LogP contribution in [0.25, 0.3) is 0 Å². The maximum atomic E-state index is 13.3. The van der Waals surface area contributed by atoms with Crippen LogP contribution in [-0.4, -0.2) is 22.8 Å². The van der Waals surface area contributed by atoms with Gasteiger partial charge in [0.05, 0.1) is 5.69 Å². The Morgan fingerprint density at radius 2 is 2.25 bits per heavy atom. The molecule has 104 valence electrons. The second-order valence-corrected chi connectivity index (χ2v) is 5.32. The molecule has 1 aromatic carbocycles. The normalized spacial score (nSPS) is 13.9. The van der Waals surface area contributed by atoms with E-state index in [9.17, 15) is 4.39 Å². The van der Waals surface area contributed by atoms with Gasteiger partial charge in [0.15, 0.2) is 5.16 Å². The molecular formula is C14H15FN4S. The number of nitrogens with zero attached hydrogens (tertiary/aromatic N) is 2. The molecule has 0 atom stereocenters. The molecule has 0 unspecified atom stereocenters. The average Bonchev–Trinajstić information content (AvgIpc) is 2.47. The third-order valence-electron chi connectivity index (χ3n) is 3.18. The zero-order valence-electron chi connectivity index (χ0n) is 11.1. The fraction of sp³-hybridized carbons (Fsp3) is 0.286. The van der Waals surface area contributed by atoms with E-state index in [0.29, 0.717) is 5.69 Å². The molecule has 1 aliphatic heterocycles. The van der Waals surface area contributed by atoms with E-state index in [4.69, 9.17) is 0 Å². The summed E-state index contributed by atoms with van der Waals surface area (Å²) in [5.41, 5.74) is 2.84. The van der Waals surface area contributed by atoms with Crippen LogP contribution in [0.4, 0.5) is 15.9 Å². The number of benzene rings is 1. The number of fused-ring (bicyclic) bond motifs is 1. The predicted molar refractivity (Wildman–Crippen MR) is 78.9 cm³/mol. The van der Waals surface area contributed by atoms with Gasteiger partial charge in [-0.25, -0.2) is 14.4 Å². The molecule has 2 N–H and O–H groups in total. The van der Waals surface area contributed by atoms with Crippen LogP contribution in [0.5, 0.6) is 0 Å². The SMILES string of the molecule is CSc1nc2c(c(Nc3cccc(F)c3)n1)CNCC2. The molecule has 0 saturated carbocycles. The number of rotatable bonds is 3. The number of hydrogen-bond acceptors (Lipinski definition) is 5. The van der Waals surface area contributed by atoms with Crippen LogP contribution in [0.1, 0.15) is 11.3 Å². The van der Waals surface area contributed by atoms with Gasteiger partial charge < -0.3 is 10.6 Å². The molecule has 0 fully saturated rings. The third-order valence-corrected chi connectivity index (χ3v) is 3.73. The standard InChI is InChI=1S/C14H15FN4S/c1-20-14-18-12-5-6-16-8-11(12)13(19-14)17-10-4-2-3-9(15)7-10/h2-4,7,16H,5-6,8H2,1H3,(H,17,18,19). The number of aromatic nitrogens is 2. The van der Waals surface area contributed by atoms with Crippen LogP contribution in [-0.2, 0) is 13.0 Å². The van der Waals surface area contributed by atoms with Gasteiger partial charge in [0.1, 0.15) is 11.6 Å². The molecule has 0 radical (unpaired) electrons. The van der Waals surface area contributed by atoms with Crippen molar-refractivity contribution in [3.05, 3.63) is 41.3 Å². The summed E-state index contributed by atoms with van der Waals surface area (Å²) < 4.78 is 13.3. The van der Waals surface area contributed by atoms with Crippen molar-refractivity contribution in [3.8, 4) is 0 Å². The van der Waals surface area contributed by atoms with Gasteiger partial charge in [-0.15, -0.1) is 0 Å². The van der Waals surface area contributed by atoms with Gasteiger partial charge in [-0.05, 0) is 24.5 Å². The Bertz CT molecular complexity index is 633. The summed E-state index contributed by atoms with van der Waals surface area (Å²) in [6.45, 7) is 1.67. The second kappa shape index (κ2) is 5.76. The highest BCUT2D eigenvalue weighted by Gasteiger charge is 2.17. The summed E-state index contributed by atoms with van der Waals surface area (Å²) in [7, 11) is 0. The minimum Gasteiger partial charge on any atom is -0.340 e. The van der Waals surface area contributed by atoms with Crippen LogP contribution in [0.2, 0.25) is 0 Å². The first-order chi connectivity index (χ1) is 9.76. The van der Waals surface area contributed by atoms with E-state index in [-0.39, 0.29) is 5.82 Å². The second-order valence-electron chi connectivity index (χ2n) is 4.55. The van der Waals surface area contributed by atoms with Gasteiger partial charge >= 0.3 is 0 Å². The summed E-state index contributed by atoms with van der Waals surface area (Å²) in [5, 5.41) is 7.26. The van der Waals surface area contributed by atoms with E-state index in [2.05, 4.69) is 20.6 Å². The van der Waals surface area contributed by atoms with Crippen LogP contribution < -0.4 is 10.6 Å². The Labute approximate surface area is 121 Å². The highest BCUT2D eigenvalue weighted by Crippen LogP contribution is 2.26. The number of hydrogen-bond donors (Lipinski definition) is 2. The molecule has 3 rings (SSSR count). The number of thioether (sulfide) groups is 1. The molecule has 4 nitrogen and oxygen atoms in total. The highest BCUT2D eigenvalue weighted by molar-refractivity contribution is 7.98. The lowest BCUT2D eigenvalue weighted by Crippen LogP contribution is -2.26. The number of anilines is 2. The Hall–Kier alpha value is -1.66. The van der Waals surface area contributed by atoms with Crippen molar-refractivity contribution in [1.82, 2.24) is 15.3 Å². The molecule has 6 heteroatoms. The fourth-order valence-corrected chi connectivity index (χ4v) is 2.60. The lowest BCUT2D eigenvalue weighted by molar-refractivity contribution is 0.618. The van der Waals surface area contributed by atoms with E-state index in [0.717, 1.165) is 41.7 Å². The molecule has 0 spiro atoms. The van der Waals surface area contributed by atoms with Crippen molar-refractivity contribution in [2.24, 2.45) is 0 Å². The third kappa shape index (κ3) is 2.76. The summed E-state index contributed by atoms with van der Waals surface area (Å²) in [5.74, 6) is 0.498. The first kappa shape index (κ1) is 13.3. The van der Waals surface area contributed by atoms with Crippen molar-refractivity contribution in [2.45, 2.75) is 18.1 Å². The van der Waals surface area contributed by atoms with Crippen molar-refractivity contribution in [2.75, 3.05) is 18.1 Å². The van der Waals surface area contributed by atoms with Gasteiger partial charge in [-0.3, -0.25) is 0 Å². The van der Waals surface area contributed by atoms with E-state index in [1.807, 2.05) is 12.3 Å². The maximum absolute atomic E-state index is 13.3. The van der Waals surface area contributed by atoms with Crippen LogP contribution in [0, 0.1) is 5.82 Å². The highest BCUT2D eigenvalue weighted by atomic mass is 32.2. The Kier molecular flexibility index (Phi) is 3.84. The monoisotopic (exact) mass is 290 g/mol. The zero-order chi connectivity index (χ0) is 13.9. The largest absolute Gasteiger partial charge is 0.340 e. The Morgan fingerprint density at radius 3 is 3.05 bits per heavy atom. The van der Waals surface area contributed by atoms with Gasteiger partial charge in [0.25, 0.3) is 0 Å². The molecule has 20 heavy (non-hydrogen) atoms. The minimum atomic E-state index is -0.263. The average molecular weight is 290 g/mol. The van der Waals surface area contributed by atoms with Crippen molar-refractivity contribution >= 4 is 23.3 Å². The minimum absolute atomic E-state index is 0.263. The molecule has 0 saturated heterocycles. The van der Waals surface area contributed by atoms with Gasteiger partial charge in [0, 0.05) is 30.8 Å². The topological polar surface area (TPSA) is 49.8 Å². The summed E-state index contributed by atoms with van der Waals surface area (Å²) in [6, 6.07) is 6.39. The lowest BCUT2D eigenvalue weighted by Gasteiger charge is -2.20. The smallest absolute Gasteiger partial charge is 0.189 e. The summed E-state index contributed by atoms with van der Waals surface area (Å²) >= 11 is 1.51. The lowest BCUT2D eigenvalue weighted by atomic mass is 10.1. The van der Waals surface area contributed by atoms with Crippen molar-refractivity contribution < 1.29 is 4.39 Å². The fourth-order valence-electron chi connectivity index (χ4n) is 2.22.